The minimum atomic E-state index is -3.71. The average Bonchev–Trinajstić information content (AvgIpc) is 3.51. The van der Waals surface area contributed by atoms with E-state index >= 15 is 0 Å². The number of sulfonamides is 1. The molecule has 1 amide bonds. The summed E-state index contributed by atoms with van der Waals surface area (Å²) in [7, 11) is -3.71. The fraction of sp³-hybridized carbons (Fsp3) is 0.500. The third-order valence-corrected chi connectivity index (χ3v) is 9.64. The van der Waals surface area contributed by atoms with Crippen molar-refractivity contribution in [2.75, 3.05) is 44.2 Å². The van der Waals surface area contributed by atoms with Crippen molar-refractivity contribution in [1.82, 2.24) is 24.7 Å². The summed E-state index contributed by atoms with van der Waals surface area (Å²) in [6.07, 6.45) is 4.84. The molecule has 2 saturated heterocycles. The van der Waals surface area contributed by atoms with Crippen molar-refractivity contribution in [2.24, 2.45) is 0 Å². The molecule has 3 fully saturated rings. The van der Waals surface area contributed by atoms with Crippen LogP contribution in [0.4, 0.5) is 10.5 Å². The van der Waals surface area contributed by atoms with Crippen molar-refractivity contribution in [2.45, 2.75) is 55.7 Å². The smallest absolute Gasteiger partial charge is 0.410 e. The molecule has 208 valence electrons. The van der Waals surface area contributed by atoms with Crippen molar-refractivity contribution in [3.63, 3.8) is 0 Å². The number of benzene rings is 2. The normalized spacial score (nSPS) is 21.2. The van der Waals surface area contributed by atoms with E-state index in [0.29, 0.717) is 13.1 Å². The predicted octanol–water partition coefficient (Wildman–Crippen LogP) is 3.25. The molecule has 39 heavy (non-hydrogen) atoms. The third kappa shape index (κ3) is 5.61. The zero-order valence-corrected chi connectivity index (χ0v) is 23.1. The number of piperazine rings is 1. The molecule has 1 aliphatic carbocycles. The molecule has 0 radical (unpaired) electrons. The maximum absolute atomic E-state index is 13.5. The van der Waals surface area contributed by atoms with Gasteiger partial charge in [0.25, 0.3) is 0 Å². The number of aromatic nitrogens is 2. The molecule has 3 heterocycles. The molecule has 3 aromatic rings. The van der Waals surface area contributed by atoms with Crippen molar-refractivity contribution in [1.29, 1.82) is 0 Å². The number of fused-ring (bicyclic) bond motifs is 1. The number of nitrogens with one attached hydrogen (secondary N) is 2. The molecule has 0 spiro atoms. The number of rotatable bonds is 7. The first kappa shape index (κ1) is 26.1. The Bertz CT molecular complexity index is 1450. The average molecular weight is 553 g/mol. The third-order valence-electron chi connectivity index (χ3n) is 8.02. The molecule has 11 heteroatoms. The molecule has 1 aromatic heterocycles. The van der Waals surface area contributed by atoms with E-state index in [9.17, 15) is 13.2 Å². The lowest BCUT2D eigenvalue weighted by Gasteiger charge is -2.33. The van der Waals surface area contributed by atoms with Gasteiger partial charge in [0.1, 0.15) is 6.61 Å². The number of hydrogen-bond acceptors (Lipinski definition) is 7. The fourth-order valence-electron chi connectivity index (χ4n) is 5.52. The van der Waals surface area contributed by atoms with Gasteiger partial charge in [0.2, 0.25) is 10.0 Å². The summed E-state index contributed by atoms with van der Waals surface area (Å²) in [5, 5.41) is 9.05. The lowest BCUT2D eigenvalue weighted by Crippen LogP contribution is -2.43. The summed E-state index contributed by atoms with van der Waals surface area (Å²) in [5.74, 6) is 0. The van der Waals surface area contributed by atoms with Crippen LogP contribution >= 0.6 is 0 Å². The Kier molecular flexibility index (Phi) is 6.98. The maximum Gasteiger partial charge on any atom is 0.410 e. The lowest BCUT2D eigenvalue weighted by atomic mass is 10.1. The van der Waals surface area contributed by atoms with E-state index in [0.717, 1.165) is 74.0 Å². The van der Waals surface area contributed by atoms with E-state index in [4.69, 9.17) is 9.84 Å². The Labute approximate surface area is 229 Å². The lowest BCUT2D eigenvalue weighted by molar-refractivity contribution is 0.0794. The summed E-state index contributed by atoms with van der Waals surface area (Å²) < 4.78 is 37.3. The monoisotopic (exact) mass is 552 g/mol. The number of hydrogen-bond donors (Lipinski definition) is 2. The van der Waals surface area contributed by atoms with Crippen LogP contribution in [0.15, 0.2) is 53.6 Å². The van der Waals surface area contributed by atoms with Crippen molar-refractivity contribution in [3.8, 4) is 0 Å². The molecule has 10 nitrogen and oxygen atoms in total. The Morgan fingerprint density at radius 3 is 2.67 bits per heavy atom. The standard InChI is InChI=1S/C28H36N6O4S/c1-28(9-10-28)31-39(36,37)23-16-25(32-14-11-29-12-15-32)24-18-30-34(26(24)17-23)22-8-5-13-33(19-22)27(35)38-20-21-6-3-2-4-7-21/h2-4,6-7,16-18,22,29,31H,5,8-15,19-20H2,1H3. The molecule has 3 aliphatic rings. The van der Waals surface area contributed by atoms with Crippen molar-refractivity contribution < 1.29 is 17.9 Å². The second-order valence-corrected chi connectivity index (χ2v) is 12.8. The van der Waals surface area contributed by atoms with E-state index in [2.05, 4.69) is 14.9 Å². The Balaban J connectivity index is 1.29. The molecule has 0 bridgehead atoms. The van der Waals surface area contributed by atoms with Gasteiger partial charge in [-0.05, 0) is 50.3 Å². The minimum Gasteiger partial charge on any atom is -0.445 e. The largest absolute Gasteiger partial charge is 0.445 e. The Morgan fingerprint density at radius 1 is 1.15 bits per heavy atom. The molecular formula is C28H36N6O4S. The van der Waals surface area contributed by atoms with Gasteiger partial charge in [0, 0.05) is 55.9 Å². The van der Waals surface area contributed by atoms with Crippen LogP contribution in [0, 0.1) is 0 Å². The van der Waals surface area contributed by atoms with Crippen LogP contribution in [0.1, 0.15) is 44.2 Å². The first-order chi connectivity index (χ1) is 18.8. The van der Waals surface area contributed by atoms with Gasteiger partial charge in [-0.15, -0.1) is 0 Å². The first-order valence-electron chi connectivity index (χ1n) is 13.8. The quantitative estimate of drug-likeness (QED) is 0.463. The number of carbonyl (C=O) groups excluding carboxylic acids is 1. The second kappa shape index (κ2) is 10.4. The zero-order chi connectivity index (χ0) is 27.0. The van der Waals surface area contributed by atoms with Gasteiger partial charge < -0.3 is 19.9 Å². The highest BCUT2D eigenvalue weighted by molar-refractivity contribution is 7.89. The molecule has 1 atom stereocenters. The van der Waals surface area contributed by atoms with Gasteiger partial charge in [-0.25, -0.2) is 17.9 Å². The van der Waals surface area contributed by atoms with Gasteiger partial charge in [0.05, 0.1) is 22.7 Å². The highest BCUT2D eigenvalue weighted by atomic mass is 32.2. The molecule has 1 unspecified atom stereocenters. The Morgan fingerprint density at radius 2 is 1.92 bits per heavy atom. The fourth-order valence-corrected chi connectivity index (χ4v) is 7.02. The topological polar surface area (TPSA) is 109 Å². The number of likely N-dealkylation sites (tertiary alicyclic amines) is 1. The number of piperidine rings is 1. The highest BCUT2D eigenvalue weighted by Gasteiger charge is 2.41. The van der Waals surface area contributed by atoms with Gasteiger partial charge in [-0.3, -0.25) is 4.68 Å². The molecule has 6 rings (SSSR count). The summed E-state index contributed by atoms with van der Waals surface area (Å²) in [6, 6.07) is 13.1. The molecule has 2 N–H and O–H groups in total. The highest BCUT2D eigenvalue weighted by Crippen LogP contribution is 2.38. The molecule has 1 saturated carbocycles. The van der Waals surface area contributed by atoms with Crippen LogP contribution in [0.5, 0.6) is 0 Å². The van der Waals surface area contributed by atoms with Crippen molar-refractivity contribution >= 4 is 32.7 Å². The van der Waals surface area contributed by atoms with Crippen LogP contribution in [0.3, 0.4) is 0 Å². The summed E-state index contributed by atoms with van der Waals surface area (Å²) in [4.78, 5) is 17.1. The number of amides is 1. The van der Waals surface area contributed by atoms with Crippen LogP contribution < -0.4 is 14.9 Å². The molecule has 2 aromatic carbocycles. The zero-order valence-electron chi connectivity index (χ0n) is 22.3. The van der Waals surface area contributed by atoms with E-state index in [1.165, 1.54) is 0 Å². The van der Waals surface area contributed by atoms with Gasteiger partial charge in [-0.2, -0.15) is 5.10 Å². The number of carbonyl (C=O) groups is 1. The number of anilines is 1. The maximum atomic E-state index is 13.5. The van der Waals surface area contributed by atoms with Gasteiger partial charge in [-0.1, -0.05) is 30.3 Å². The van der Waals surface area contributed by atoms with Crippen LogP contribution in [-0.2, 0) is 21.4 Å². The molecular weight excluding hydrogens is 516 g/mol. The Hall–Kier alpha value is -3.15. The summed E-state index contributed by atoms with van der Waals surface area (Å²) in [6.45, 7) is 6.51. The number of nitrogens with zero attached hydrogens (tertiary/aromatic N) is 4. The van der Waals surface area contributed by atoms with Crippen LogP contribution in [-0.4, -0.2) is 74.0 Å². The van der Waals surface area contributed by atoms with E-state index in [1.54, 1.807) is 17.0 Å². The summed E-state index contributed by atoms with van der Waals surface area (Å²) in [5.41, 5.74) is 2.24. The SMILES string of the molecule is CC1(NS(=O)(=O)c2cc(N3CCNCC3)c3cnn(C4CCCN(C(=O)OCc5ccccc5)C4)c3c2)CC1. The second-order valence-electron chi connectivity index (χ2n) is 11.1. The van der Waals surface area contributed by atoms with Gasteiger partial charge in [0.15, 0.2) is 0 Å². The minimum absolute atomic E-state index is 0.0803. The summed E-state index contributed by atoms with van der Waals surface area (Å²) >= 11 is 0. The van der Waals surface area contributed by atoms with Crippen LogP contribution in [0.2, 0.25) is 0 Å². The van der Waals surface area contributed by atoms with Gasteiger partial charge >= 0.3 is 6.09 Å². The van der Waals surface area contributed by atoms with E-state index in [1.807, 2.05) is 48.1 Å². The van der Waals surface area contributed by atoms with E-state index < -0.39 is 10.0 Å². The van der Waals surface area contributed by atoms with E-state index in [-0.39, 0.29) is 29.2 Å². The molecule has 2 aliphatic heterocycles. The number of ether oxygens (including phenoxy) is 1. The predicted molar refractivity (Wildman–Crippen MR) is 149 cm³/mol. The van der Waals surface area contributed by atoms with Crippen molar-refractivity contribution in [3.05, 3.63) is 54.2 Å². The van der Waals surface area contributed by atoms with Crippen LogP contribution in [0.25, 0.3) is 10.9 Å². The first-order valence-corrected chi connectivity index (χ1v) is 15.3.